The Morgan fingerprint density at radius 3 is 2.69 bits per heavy atom. The van der Waals surface area contributed by atoms with Crippen LogP contribution < -0.4 is 10.6 Å². The fourth-order valence-corrected chi connectivity index (χ4v) is 2.93. The molecule has 1 aromatic heterocycles. The SMILES string of the molecule is O=C(NC1CC1)c1cccc(NC(=O)c2cc(F)cc3[nH]c(=S)[nH]c23)c1. The van der Waals surface area contributed by atoms with E-state index in [1.54, 1.807) is 24.3 Å². The van der Waals surface area contributed by atoms with Crippen molar-refractivity contribution in [3.05, 3.63) is 58.1 Å². The number of nitrogens with one attached hydrogen (secondary N) is 4. The molecule has 2 amide bonds. The van der Waals surface area contributed by atoms with Crippen LogP contribution in [0.25, 0.3) is 11.0 Å². The fourth-order valence-electron chi connectivity index (χ4n) is 2.72. The standard InChI is InChI=1S/C18H15FN4O2S/c19-10-7-13(15-14(8-10)22-18(26)23-15)17(25)21-12-3-1-2-9(6-12)16(24)20-11-4-5-11/h1-3,6-8,11H,4-5H2,(H,20,24)(H,21,25)(H2,22,23,26). The third kappa shape index (κ3) is 3.36. The van der Waals surface area contributed by atoms with Crippen LogP contribution in [0.3, 0.4) is 0 Å². The molecule has 4 rings (SSSR count). The molecule has 1 aliphatic rings. The minimum atomic E-state index is -0.550. The summed E-state index contributed by atoms with van der Waals surface area (Å²) in [4.78, 5) is 30.4. The van der Waals surface area contributed by atoms with Gasteiger partial charge in [0.2, 0.25) is 0 Å². The molecule has 6 nitrogen and oxygen atoms in total. The lowest BCUT2D eigenvalue weighted by molar-refractivity contribution is 0.0949. The normalized spacial score (nSPS) is 13.6. The molecular formula is C18H15FN4O2S. The molecule has 0 aliphatic heterocycles. The molecule has 1 aliphatic carbocycles. The minimum Gasteiger partial charge on any atom is -0.349 e. The van der Waals surface area contributed by atoms with Crippen molar-refractivity contribution in [2.24, 2.45) is 0 Å². The summed E-state index contributed by atoms with van der Waals surface area (Å²) in [5.74, 6) is -1.23. The number of hydrogen-bond acceptors (Lipinski definition) is 3. The number of halogens is 1. The van der Waals surface area contributed by atoms with Gasteiger partial charge in [-0.25, -0.2) is 4.39 Å². The van der Waals surface area contributed by atoms with Crippen LogP contribution >= 0.6 is 12.2 Å². The van der Waals surface area contributed by atoms with Gasteiger partial charge in [0.25, 0.3) is 11.8 Å². The van der Waals surface area contributed by atoms with Crippen molar-refractivity contribution in [2.45, 2.75) is 18.9 Å². The molecule has 0 unspecified atom stereocenters. The average Bonchev–Trinajstić information content (AvgIpc) is 3.33. The van der Waals surface area contributed by atoms with Crippen molar-refractivity contribution in [1.82, 2.24) is 15.3 Å². The summed E-state index contributed by atoms with van der Waals surface area (Å²) in [6, 6.07) is 9.27. The molecule has 3 aromatic rings. The molecule has 0 saturated heterocycles. The van der Waals surface area contributed by atoms with Gasteiger partial charge < -0.3 is 20.6 Å². The van der Waals surface area contributed by atoms with E-state index in [2.05, 4.69) is 20.6 Å². The molecule has 1 saturated carbocycles. The van der Waals surface area contributed by atoms with Crippen molar-refractivity contribution in [3.8, 4) is 0 Å². The van der Waals surface area contributed by atoms with Crippen LogP contribution in [-0.4, -0.2) is 27.8 Å². The third-order valence-electron chi connectivity index (χ3n) is 4.13. The second kappa shape index (κ2) is 6.38. The first-order valence-electron chi connectivity index (χ1n) is 8.13. The summed E-state index contributed by atoms with van der Waals surface area (Å²) in [6.45, 7) is 0. The van der Waals surface area contributed by atoms with E-state index >= 15 is 0 Å². The van der Waals surface area contributed by atoms with Gasteiger partial charge in [-0.05, 0) is 55.4 Å². The summed E-state index contributed by atoms with van der Waals surface area (Å²) in [7, 11) is 0. The number of benzene rings is 2. The van der Waals surface area contributed by atoms with E-state index in [0.29, 0.717) is 27.1 Å². The zero-order valence-corrected chi connectivity index (χ0v) is 14.4. The topological polar surface area (TPSA) is 89.8 Å². The maximum absolute atomic E-state index is 13.8. The number of imidazole rings is 1. The van der Waals surface area contributed by atoms with E-state index in [9.17, 15) is 14.0 Å². The van der Waals surface area contributed by atoms with Crippen LogP contribution in [0.15, 0.2) is 36.4 Å². The van der Waals surface area contributed by atoms with E-state index in [1.807, 2.05) is 0 Å². The van der Waals surface area contributed by atoms with Crippen molar-refractivity contribution < 1.29 is 14.0 Å². The molecule has 4 N–H and O–H groups in total. The highest BCUT2D eigenvalue weighted by atomic mass is 32.1. The van der Waals surface area contributed by atoms with Crippen LogP contribution in [0.2, 0.25) is 0 Å². The molecular weight excluding hydrogens is 355 g/mol. The number of carbonyl (C=O) groups excluding carboxylic acids is 2. The minimum absolute atomic E-state index is 0.125. The zero-order valence-electron chi connectivity index (χ0n) is 13.6. The lowest BCUT2D eigenvalue weighted by atomic mass is 10.1. The summed E-state index contributed by atoms with van der Waals surface area (Å²) >= 11 is 5.01. The molecule has 132 valence electrons. The van der Waals surface area contributed by atoms with Crippen molar-refractivity contribution in [1.29, 1.82) is 0 Å². The van der Waals surface area contributed by atoms with E-state index < -0.39 is 11.7 Å². The number of amides is 2. The van der Waals surface area contributed by atoms with Gasteiger partial charge in [-0.3, -0.25) is 9.59 Å². The molecule has 1 fully saturated rings. The number of anilines is 1. The van der Waals surface area contributed by atoms with Crippen molar-refractivity contribution >= 4 is 40.8 Å². The van der Waals surface area contributed by atoms with Gasteiger partial charge in [0.05, 0.1) is 16.6 Å². The maximum Gasteiger partial charge on any atom is 0.257 e. The first-order chi connectivity index (χ1) is 12.5. The van der Waals surface area contributed by atoms with E-state index in [0.717, 1.165) is 18.9 Å². The number of carbonyl (C=O) groups is 2. The predicted molar refractivity (Wildman–Crippen MR) is 98.3 cm³/mol. The molecule has 0 atom stereocenters. The number of aromatic nitrogens is 2. The van der Waals surface area contributed by atoms with Crippen LogP contribution in [0.5, 0.6) is 0 Å². The molecule has 8 heteroatoms. The number of fused-ring (bicyclic) bond motifs is 1. The second-order valence-corrected chi connectivity index (χ2v) is 6.65. The van der Waals surface area contributed by atoms with Crippen molar-refractivity contribution in [3.63, 3.8) is 0 Å². The third-order valence-corrected chi connectivity index (χ3v) is 4.33. The summed E-state index contributed by atoms with van der Waals surface area (Å²) < 4.78 is 14.1. The lowest BCUT2D eigenvalue weighted by Gasteiger charge is -2.09. The zero-order chi connectivity index (χ0) is 18.3. The van der Waals surface area contributed by atoms with Crippen LogP contribution in [0, 0.1) is 10.6 Å². The Morgan fingerprint density at radius 2 is 1.92 bits per heavy atom. The van der Waals surface area contributed by atoms with Crippen LogP contribution in [0.1, 0.15) is 33.6 Å². The molecule has 2 aromatic carbocycles. The first-order valence-corrected chi connectivity index (χ1v) is 8.54. The second-order valence-electron chi connectivity index (χ2n) is 6.24. The Balaban J connectivity index is 1.60. The summed E-state index contributed by atoms with van der Waals surface area (Å²) in [6.07, 6.45) is 1.99. The smallest absolute Gasteiger partial charge is 0.257 e. The summed E-state index contributed by atoms with van der Waals surface area (Å²) in [5, 5.41) is 5.59. The van der Waals surface area contributed by atoms with Gasteiger partial charge in [-0.1, -0.05) is 6.07 Å². The van der Waals surface area contributed by atoms with E-state index in [-0.39, 0.29) is 17.5 Å². The Morgan fingerprint density at radius 1 is 1.12 bits per heavy atom. The van der Waals surface area contributed by atoms with Crippen molar-refractivity contribution in [2.75, 3.05) is 5.32 Å². The molecule has 0 radical (unpaired) electrons. The number of H-pyrrole nitrogens is 2. The Labute approximate surface area is 152 Å². The molecule has 26 heavy (non-hydrogen) atoms. The number of aromatic amines is 2. The highest BCUT2D eigenvalue weighted by molar-refractivity contribution is 7.71. The number of rotatable bonds is 4. The number of hydrogen-bond donors (Lipinski definition) is 4. The summed E-state index contributed by atoms with van der Waals surface area (Å²) in [5.41, 5.74) is 1.87. The quantitative estimate of drug-likeness (QED) is 0.530. The molecule has 1 heterocycles. The molecule has 0 spiro atoms. The Kier molecular flexibility index (Phi) is 4.04. The monoisotopic (exact) mass is 370 g/mol. The van der Waals surface area contributed by atoms with Gasteiger partial charge in [0.1, 0.15) is 5.82 Å². The average molecular weight is 370 g/mol. The molecule has 0 bridgehead atoms. The van der Waals surface area contributed by atoms with Gasteiger partial charge in [-0.15, -0.1) is 0 Å². The van der Waals surface area contributed by atoms with Gasteiger partial charge in [-0.2, -0.15) is 0 Å². The van der Waals surface area contributed by atoms with Gasteiger partial charge in [0.15, 0.2) is 4.77 Å². The van der Waals surface area contributed by atoms with Crippen LogP contribution in [0.4, 0.5) is 10.1 Å². The van der Waals surface area contributed by atoms with Gasteiger partial charge in [0, 0.05) is 17.3 Å². The Hall–Kier alpha value is -3.00. The fraction of sp³-hybridized carbons (Fsp3) is 0.167. The predicted octanol–water partition coefficient (Wildman–Crippen LogP) is 3.51. The van der Waals surface area contributed by atoms with E-state index in [1.165, 1.54) is 6.07 Å². The highest BCUT2D eigenvalue weighted by Crippen LogP contribution is 2.21. The van der Waals surface area contributed by atoms with Gasteiger partial charge >= 0.3 is 0 Å². The van der Waals surface area contributed by atoms with Crippen LogP contribution in [-0.2, 0) is 0 Å². The first kappa shape index (κ1) is 16.5. The largest absolute Gasteiger partial charge is 0.349 e. The highest BCUT2D eigenvalue weighted by Gasteiger charge is 2.24. The Bertz CT molecular complexity index is 1080. The lowest BCUT2D eigenvalue weighted by Crippen LogP contribution is -2.25. The maximum atomic E-state index is 13.8. The van der Waals surface area contributed by atoms with E-state index in [4.69, 9.17) is 12.2 Å².